The molecule has 4 fully saturated rings. The molecule has 0 radical (unpaired) electrons. The summed E-state index contributed by atoms with van der Waals surface area (Å²) in [5.74, 6) is 0. The molecule has 1 aliphatic carbocycles. The molecule has 0 unspecified atom stereocenters. The molecule has 3 aliphatic heterocycles. The maximum absolute atomic E-state index is 11.1. The Morgan fingerprint density at radius 2 is 0.884 bits per heavy atom. The zero-order valence-electron chi connectivity index (χ0n) is 23.2. The van der Waals surface area contributed by atoms with E-state index in [0.29, 0.717) is 0 Å². The Hall–Kier alpha value is -0.800. The minimum absolute atomic E-state index is 0.187. The smallest absolute Gasteiger partial charge is 0.187 e. The number of aliphatic hydroxyl groups is 8. The average molecular weight is 631 g/mol. The van der Waals surface area contributed by atoms with Crippen molar-refractivity contribution in [3.63, 3.8) is 0 Å². The summed E-state index contributed by atoms with van der Waals surface area (Å²) < 4.78 is 34.4. The minimum atomic E-state index is -1.67. The van der Waals surface area contributed by atoms with Gasteiger partial charge in [-0.3, -0.25) is 0 Å². The monoisotopic (exact) mass is 630 g/mol. The van der Waals surface area contributed by atoms with Crippen LogP contribution in [0.5, 0.6) is 0 Å². The van der Waals surface area contributed by atoms with E-state index in [4.69, 9.17) is 62.8 Å². The van der Waals surface area contributed by atoms with E-state index in [0.717, 1.165) is 0 Å². The van der Waals surface area contributed by atoms with Crippen molar-refractivity contribution >= 4 is 0 Å². The van der Waals surface area contributed by atoms with E-state index in [2.05, 4.69) is 0 Å². The summed E-state index contributed by atoms with van der Waals surface area (Å²) in [6.45, 7) is -1.08. The predicted molar refractivity (Wildman–Crippen MR) is 140 cm³/mol. The van der Waals surface area contributed by atoms with Crippen LogP contribution in [0.3, 0.4) is 0 Å². The van der Waals surface area contributed by atoms with Crippen molar-refractivity contribution in [2.24, 2.45) is 34.4 Å². The molecular weight excluding hydrogens is 584 g/mol. The van der Waals surface area contributed by atoms with Crippen molar-refractivity contribution in [3.05, 3.63) is 0 Å². The van der Waals surface area contributed by atoms with Crippen molar-refractivity contribution < 1.29 is 69.3 Å². The first-order valence-corrected chi connectivity index (χ1v) is 14.0. The van der Waals surface area contributed by atoms with Gasteiger partial charge in [0, 0.05) is 13.1 Å². The summed E-state index contributed by atoms with van der Waals surface area (Å²) >= 11 is 0. The normalized spacial score (nSPS) is 54.6. The summed E-state index contributed by atoms with van der Waals surface area (Å²) in [7, 11) is 0. The first-order chi connectivity index (χ1) is 20.3. The zero-order valence-corrected chi connectivity index (χ0v) is 23.2. The van der Waals surface area contributed by atoms with Crippen LogP contribution in [0.1, 0.15) is 0 Å². The lowest BCUT2D eigenvalue weighted by atomic mass is 9.82. The van der Waals surface area contributed by atoms with Gasteiger partial charge in [-0.15, -0.1) is 0 Å². The van der Waals surface area contributed by atoms with Crippen LogP contribution in [0.4, 0.5) is 0 Å². The third-order valence-electron chi connectivity index (χ3n) is 8.53. The second-order valence-electron chi connectivity index (χ2n) is 11.3. The summed E-state index contributed by atoms with van der Waals surface area (Å²) in [6.07, 6.45) is -22.8. The van der Waals surface area contributed by atoms with E-state index < -0.39 is 129 Å². The molecular formula is C23H46N6O14. The van der Waals surface area contributed by atoms with Gasteiger partial charge in [0.2, 0.25) is 0 Å². The van der Waals surface area contributed by atoms with Crippen molar-refractivity contribution in [1.29, 1.82) is 0 Å². The van der Waals surface area contributed by atoms with Gasteiger partial charge in [0.25, 0.3) is 0 Å². The summed E-state index contributed by atoms with van der Waals surface area (Å²) in [5.41, 5.74) is 35.4. The largest absolute Gasteiger partial charge is 0.394 e. The van der Waals surface area contributed by atoms with Crippen molar-refractivity contribution in [2.45, 2.75) is 122 Å². The van der Waals surface area contributed by atoms with E-state index in [1.165, 1.54) is 0 Å². The number of hydrogen-bond donors (Lipinski definition) is 14. The van der Waals surface area contributed by atoms with Crippen molar-refractivity contribution in [2.75, 3.05) is 19.7 Å². The maximum Gasteiger partial charge on any atom is 0.187 e. The molecule has 4 rings (SSSR count). The van der Waals surface area contributed by atoms with Gasteiger partial charge in [0.15, 0.2) is 18.9 Å². The highest BCUT2D eigenvalue weighted by Crippen LogP contribution is 2.34. The van der Waals surface area contributed by atoms with Gasteiger partial charge in [-0.05, 0) is 0 Å². The van der Waals surface area contributed by atoms with Crippen LogP contribution in [0.25, 0.3) is 0 Å². The number of rotatable bonds is 9. The van der Waals surface area contributed by atoms with Crippen LogP contribution in [0.15, 0.2) is 0 Å². The molecule has 0 aromatic carbocycles. The lowest BCUT2D eigenvalue weighted by Crippen LogP contribution is -2.72. The lowest BCUT2D eigenvalue weighted by Gasteiger charge is -2.48. The fraction of sp³-hybridized carbons (Fsp3) is 1.00. The van der Waals surface area contributed by atoms with Gasteiger partial charge in [-0.25, -0.2) is 0 Å². The van der Waals surface area contributed by atoms with Crippen LogP contribution in [0, 0.1) is 0 Å². The van der Waals surface area contributed by atoms with E-state index in [1.807, 2.05) is 0 Å². The summed E-state index contributed by atoms with van der Waals surface area (Å²) in [6, 6.07) is -5.26. The Kier molecular flexibility index (Phi) is 11.7. The van der Waals surface area contributed by atoms with E-state index in [9.17, 15) is 40.9 Å². The Labute approximate surface area is 246 Å². The van der Waals surface area contributed by atoms with E-state index >= 15 is 0 Å². The fourth-order valence-electron chi connectivity index (χ4n) is 5.75. The molecule has 0 bridgehead atoms. The quantitative estimate of drug-likeness (QED) is 0.112. The molecule has 3 saturated heterocycles. The molecule has 1 saturated carbocycles. The summed E-state index contributed by atoms with van der Waals surface area (Å²) in [5, 5.41) is 83.6. The van der Waals surface area contributed by atoms with Crippen LogP contribution >= 0.6 is 0 Å². The molecule has 20 N–H and O–H groups in total. The third kappa shape index (κ3) is 6.70. The van der Waals surface area contributed by atoms with Crippen LogP contribution in [-0.4, -0.2) is 183 Å². The molecule has 0 aromatic rings. The first kappa shape index (κ1) is 35.1. The van der Waals surface area contributed by atoms with Gasteiger partial charge in [0.05, 0.1) is 36.9 Å². The van der Waals surface area contributed by atoms with E-state index in [-0.39, 0.29) is 13.1 Å². The first-order valence-electron chi connectivity index (χ1n) is 14.0. The van der Waals surface area contributed by atoms with Crippen LogP contribution < -0.4 is 34.4 Å². The van der Waals surface area contributed by atoms with Crippen molar-refractivity contribution in [1.82, 2.24) is 0 Å². The van der Waals surface area contributed by atoms with Gasteiger partial charge in [-0.2, -0.15) is 0 Å². The molecule has 0 aromatic heterocycles. The van der Waals surface area contributed by atoms with Crippen LogP contribution in [-0.2, 0) is 28.4 Å². The Morgan fingerprint density at radius 3 is 1.35 bits per heavy atom. The molecule has 20 nitrogen and oxygen atoms in total. The fourth-order valence-corrected chi connectivity index (χ4v) is 5.75. The second kappa shape index (κ2) is 14.3. The molecule has 20 heteroatoms. The standard InChI is InChI=1S/C23H46N6O14/c24-1-4-11(31)14(34)9(28)21(38-4)41-18-6(3-30)40-23(17(18)37)43-20-16(36)7(26)13(33)8(27)19(20)42-22-10(29)15(35)12(32)5(2-25)39-22/h4-23,30-37H,1-3,24-29H2/t4-,5+,6+,7+,8-,9+,10+,11+,12+,13-,14+,15+,16-,17+,18+,19+,20+,21+,22+,23-/m0/s1. The molecule has 4 aliphatic rings. The Bertz CT molecular complexity index is 899. The SMILES string of the molecule is NC[C@@H]1O[C@H](O[C@H]2[C@@H](O)[C@H](O[C@@H]3[C@@H](O)[C@H](N)[C@H](O)[C@H](N)[C@H]3O[C@H]3O[C@H](CN)[C@@H](O)[C@H](O)[C@H]3N)O[C@@H]2CO)[C@H](N)[C@@H](O)[C@@H]1O. The molecule has 252 valence electrons. The average Bonchev–Trinajstić information content (AvgIpc) is 3.29. The van der Waals surface area contributed by atoms with Gasteiger partial charge < -0.3 is 104 Å². The highest BCUT2D eigenvalue weighted by Gasteiger charge is 2.56. The molecule has 20 atom stereocenters. The van der Waals surface area contributed by atoms with Gasteiger partial charge in [-0.1, -0.05) is 0 Å². The molecule has 43 heavy (non-hydrogen) atoms. The number of aliphatic hydroxyl groups excluding tert-OH is 8. The number of nitrogens with two attached hydrogens (primary N) is 6. The number of hydrogen-bond acceptors (Lipinski definition) is 20. The van der Waals surface area contributed by atoms with Gasteiger partial charge in [0.1, 0.15) is 73.2 Å². The molecule has 3 heterocycles. The maximum atomic E-state index is 11.1. The highest BCUT2D eigenvalue weighted by molar-refractivity contribution is 5.06. The molecule has 0 amide bonds. The second-order valence-corrected chi connectivity index (χ2v) is 11.3. The summed E-state index contributed by atoms with van der Waals surface area (Å²) in [4.78, 5) is 0. The minimum Gasteiger partial charge on any atom is -0.394 e. The number of ether oxygens (including phenoxy) is 6. The van der Waals surface area contributed by atoms with Crippen molar-refractivity contribution in [3.8, 4) is 0 Å². The zero-order chi connectivity index (χ0) is 31.9. The topological polar surface area (TPSA) is 373 Å². The highest BCUT2D eigenvalue weighted by atomic mass is 16.8. The Balaban J connectivity index is 1.52. The van der Waals surface area contributed by atoms with Crippen LogP contribution in [0.2, 0.25) is 0 Å². The third-order valence-corrected chi connectivity index (χ3v) is 8.53. The predicted octanol–water partition coefficient (Wildman–Crippen LogP) is -9.92. The Morgan fingerprint density at radius 1 is 0.442 bits per heavy atom. The lowest BCUT2D eigenvalue weighted by molar-refractivity contribution is -0.312. The molecule has 0 spiro atoms. The van der Waals surface area contributed by atoms with E-state index in [1.54, 1.807) is 0 Å². The van der Waals surface area contributed by atoms with Gasteiger partial charge >= 0.3 is 0 Å².